The maximum atomic E-state index is 4.60. The van der Waals surface area contributed by atoms with E-state index < -0.39 is 0 Å². The number of fused-ring (bicyclic) bond motifs is 1. The fourth-order valence-corrected chi connectivity index (χ4v) is 4.72. The molecule has 0 unspecified atom stereocenters. The van der Waals surface area contributed by atoms with Crippen LogP contribution in [0.2, 0.25) is 0 Å². The lowest BCUT2D eigenvalue weighted by molar-refractivity contribution is 0.177. The van der Waals surface area contributed by atoms with E-state index in [0.717, 1.165) is 29.2 Å². The van der Waals surface area contributed by atoms with Crippen LogP contribution in [0.1, 0.15) is 32.1 Å². The maximum absolute atomic E-state index is 4.60. The summed E-state index contributed by atoms with van der Waals surface area (Å²) in [6.07, 6.45) is 10.1. The topological polar surface area (TPSA) is 58.3 Å². The number of aromatic nitrogens is 4. The van der Waals surface area contributed by atoms with E-state index in [2.05, 4.69) is 48.4 Å². The Morgan fingerprint density at radius 3 is 2.91 bits per heavy atom. The molecular formula is C15H21BrN6. The van der Waals surface area contributed by atoms with Gasteiger partial charge in [-0.2, -0.15) is 0 Å². The van der Waals surface area contributed by atoms with Gasteiger partial charge in [0.15, 0.2) is 5.65 Å². The third-order valence-electron chi connectivity index (χ3n) is 5.57. The number of halogens is 1. The summed E-state index contributed by atoms with van der Waals surface area (Å²) in [4.78, 5) is 6.98. The summed E-state index contributed by atoms with van der Waals surface area (Å²) in [7, 11) is 2.11. The van der Waals surface area contributed by atoms with Gasteiger partial charge in [0.2, 0.25) is 5.95 Å². The number of hydrogen-bond acceptors (Lipinski definition) is 5. The van der Waals surface area contributed by atoms with Crippen molar-refractivity contribution in [3.8, 4) is 0 Å². The summed E-state index contributed by atoms with van der Waals surface area (Å²) in [5, 5.41) is 11.7. The Balaban J connectivity index is 1.58. The quantitative estimate of drug-likeness (QED) is 0.885. The minimum absolute atomic E-state index is 0.493. The molecule has 1 atom stereocenters. The van der Waals surface area contributed by atoms with Crippen molar-refractivity contribution in [2.24, 2.45) is 5.41 Å². The molecule has 0 aromatic carbocycles. The van der Waals surface area contributed by atoms with E-state index in [4.69, 9.17) is 0 Å². The minimum atomic E-state index is 0.493. The zero-order valence-corrected chi connectivity index (χ0v) is 14.4. The normalized spacial score (nSPS) is 24.5. The van der Waals surface area contributed by atoms with Gasteiger partial charge in [-0.05, 0) is 54.1 Å². The highest BCUT2D eigenvalue weighted by Crippen LogP contribution is 2.46. The molecule has 4 rings (SSSR count). The van der Waals surface area contributed by atoms with Crippen molar-refractivity contribution < 1.29 is 0 Å². The Morgan fingerprint density at radius 1 is 1.32 bits per heavy atom. The van der Waals surface area contributed by atoms with Crippen LogP contribution < -0.4 is 10.2 Å². The zero-order chi connectivity index (χ0) is 15.2. The second-order valence-corrected chi connectivity index (χ2v) is 7.37. The van der Waals surface area contributed by atoms with Crippen molar-refractivity contribution >= 4 is 27.5 Å². The van der Waals surface area contributed by atoms with Crippen LogP contribution in [0.15, 0.2) is 17.0 Å². The van der Waals surface area contributed by atoms with Gasteiger partial charge in [0.25, 0.3) is 0 Å². The Morgan fingerprint density at radius 2 is 2.14 bits per heavy atom. The molecule has 2 aromatic heterocycles. The average Bonchev–Trinajstić information content (AvgIpc) is 3.17. The molecule has 1 saturated carbocycles. The molecule has 2 aliphatic rings. The molecule has 22 heavy (non-hydrogen) atoms. The van der Waals surface area contributed by atoms with Crippen LogP contribution in [0.5, 0.6) is 0 Å². The predicted octanol–water partition coefficient (Wildman–Crippen LogP) is 2.25. The molecule has 1 N–H and O–H groups in total. The van der Waals surface area contributed by atoms with E-state index in [0.29, 0.717) is 11.5 Å². The Kier molecular flexibility index (Phi) is 3.57. The number of nitrogens with one attached hydrogen (secondary N) is 1. The summed E-state index contributed by atoms with van der Waals surface area (Å²) >= 11 is 3.49. The van der Waals surface area contributed by atoms with E-state index in [-0.39, 0.29) is 0 Å². The number of hydrogen-bond donors (Lipinski definition) is 1. The lowest BCUT2D eigenvalue weighted by Gasteiger charge is -2.43. The first-order valence-electron chi connectivity index (χ1n) is 8.00. The van der Waals surface area contributed by atoms with Crippen LogP contribution in [-0.4, -0.2) is 45.8 Å². The molecule has 2 aromatic rings. The summed E-state index contributed by atoms with van der Waals surface area (Å²) in [6, 6.07) is 0.683. The zero-order valence-electron chi connectivity index (χ0n) is 12.8. The van der Waals surface area contributed by atoms with Crippen molar-refractivity contribution in [2.75, 3.05) is 25.0 Å². The highest BCUT2D eigenvalue weighted by atomic mass is 79.9. The molecule has 1 aliphatic heterocycles. The van der Waals surface area contributed by atoms with E-state index in [1.807, 2.05) is 10.6 Å². The van der Waals surface area contributed by atoms with Crippen LogP contribution in [-0.2, 0) is 0 Å². The van der Waals surface area contributed by atoms with Gasteiger partial charge in [-0.3, -0.25) is 0 Å². The molecule has 1 spiro atoms. The number of piperidine rings is 1. The maximum Gasteiger partial charge on any atom is 0.212 e. The molecular weight excluding hydrogens is 344 g/mol. The van der Waals surface area contributed by atoms with Gasteiger partial charge in [0.1, 0.15) is 6.33 Å². The number of nitrogens with zero attached hydrogens (tertiary/aromatic N) is 5. The van der Waals surface area contributed by atoms with Gasteiger partial charge in [-0.25, -0.2) is 9.38 Å². The molecule has 1 aliphatic carbocycles. The van der Waals surface area contributed by atoms with E-state index >= 15 is 0 Å². The van der Waals surface area contributed by atoms with E-state index in [9.17, 15) is 0 Å². The van der Waals surface area contributed by atoms with Gasteiger partial charge in [-0.1, -0.05) is 6.42 Å². The molecule has 0 radical (unpaired) electrons. The largest absolute Gasteiger partial charge is 0.342 e. The van der Waals surface area contributed by atoms with Crippen LogP contribution in [0.4, 0.5) is 5.95 Å². The Labute approximate surface area is 138 Å². The van der Waals surface area contributed by atoms with Gasteiger partial charge in [0, 0.05) is 25.3 Å². The highest BCUT2D eigenvalue weighted by Gasteiger charge is 2.44. The van der Waals surface area contributed by atoms with E-state index in [1.165, 1.54) is 32.1 Å². The molecule has 3 heterocycles. The Bertz CT molecular complexity index is 676. The third-order valence-corrected chi connectivity index (χ3v) is 6.13. The lowest BCUT2D eigenvalue weighted by atomic mass is 9.74. The predicted molar refractivity (Wildman–Crippen MR) is 89.1 cm³/mol. The summed E-state index contributed by atoms with van der Waals surface area (Å²) < 4.78 is 2.86. The fourth-order valence-electron chi connectivity index (χ4n) is 4.35. The fraction of sp³-hybridized carbons (Fsp3) is 0.667. The van der Waals surface area contributed by atoms with Crippen LogP contribution >= 0.6 is 15.9 Å². The smallest absolute Gasteiger partial charge is 0.212 e. The second kappa shape index (κ2) is 5.45. The van der Waals surface area contributed by atoms with Crippen molar-refractivity contribution in [3.63, 3.8) is 0 Å². The van der Waals surface area contributed by atoms with Crippen LogP contribution in [0.25, 0.3) is 5.65 Å². The summed E-state index contributed by atoms with van der Waals surface area (Å²) in [5.74, 6) is 0.956. The molecule has 6 nitrogen and oxygen atoms in total. The van der Waals surface area contributed by atoms with Crippen molar-refractivity contribution in [2.45, 2.75) is 38.1 Å². The highest BCUT2D eigenvalue weighted by molar-refractivity contribution is 9.10. The van der Waals surface area contributed by atoms with Gasteiger partial charge in [-0.15, -0.1) is 10.2 Å². The minimum Gasteiger partial charge on any atom is -0.342 e. The number of rotatable bonds is 2. The van der Waals surface area contributed by atoms with Gasteiger partial charge in [0.05, 0.1) is 4.47 Å². The van der Waals surface area contributed by atoms with Crippen LogP contribution in [0.3, 0.4) is 0 Å². The first-order chi connectivity index (χ1) is 10.7. The number of anilines is 1. The molecule has 118 valence electrons. The first-order valence-corrected chi connectivity index (χ1v) is 8.79. The second-order valence-electron chi connectivity index (χ2n) is 6.51. The van der Waals surface area contributed by atoms with Crippen LogP contribution in [0, 0.1) is 5.41 Å². The van der Waals surface area contributed by atoms with Gasteiger partial charge < -0.3 is 10.2 Å². The molecule has 2 fully saturated rings. The van der Waals surface area contributed by atoms with E-state index in [1.54, 1.807) is 6.33 Å². The summed E-state index contributed by atoms with van der Waals surface area (Å²) in [5.41, 5.74) is 1.33. The molecule has 0 amide bonds. The standard InChI is InChI=1S/C15H21BrN6/c1-17-12-3-2-4-15(12)5-7-21(8-6-15)14-18-9-11(16)13-20-19-10-22(13)14/h9-10,12,17H,2-8H2,1H3/t12-/m1/s1. The monoisotopic (exact) mass is 364 g/mol. The Hall–Kier alpha value is -1.21. The average molecular weight is 365 g/mol. The summed E-state index contributed by atoms with van der Waals surface area (Å²) in [6.45, 7) is 2.11. The lowest BCUT2D eigenvalue weighted by Crippen LogP contribution is -2.48. The molecule has 7 heteroatoms. The van der Waals surface area contributed by atoms with Gasteiger partial charge >= 0.3 is 0 Å². The SMILES string of the molecule is CN[C@@H]1CCCC12CCN(c1ncc(Br)c3nncn13)CC2. The third kappa shape index (κ3) is 2.13. The van der Waals surface area contributed by atoms with Crippen molar-refractivity contribution in [3.05, 3.63) is 17.0 Å². The van der Waals surface area contributed by atoms with Crippen molar-refractivity contribution in [1.82, 2.24) is 24.9 Å². The first kappa shape index (κ1) is 14.4. The molecule has 1 saturated heterocycles. The molecule has 0 bridgehead atoms. The van der Waals surface area contributed by atoms with Crippen molar-refractivity contribution in [1.29, 1.82) is 0 Å².